The Kier molecular flexibility index (Phi) is 3.64. The van der Waals surface area contributed by atoms with Gasteiger partial charge in [-0.1, -0.05) is 0 Å². The zero-order valence-electron chi connectivity index (χ0n) is 10.6. The summed E-state index contributed by atoms with van der Waals surface area (Å²) in [5.41, 5.74) is -2.33. The van der Waals surface area contributed by atoms with Crippen LogP contribution in [0.25, 0.3) is 0 Å². The lowest BCUT2D eigenvalue weighted by Crippen LogP contribution is -2.54. The number of ether oxygens (including phenoxy) is 1. The van der Waals surface area contributed by atoms with Crippen molar-refractivity contribution in [3.8, 4) is 0 Å². The molecule has 0 spiro atoms. The molecule has 106 valence electrons. The molecule has 0 aromatic heterocycles. The molecule has 6 heteroatoms. The van der Waals surface area contributed by atoms with Crippen LogP contribution < -0.4 is 0 Å². The minimum absolute atomic E-state index is 0.155. The van der Waals surface area contributed by atoms with E-state index in [9.17, 15) is 18.3 Å². The molecule has 1 saturated carbocycles. The number of alkyl halides is 3. The maximum absolute atomic E-state index is 12.6. The number of methoxy groups -OCH3 is 1. The van der Waals surface area contributed by atoms with Crippen molar-refractivity contribution in [2.24, 2.45) is 5.41 Å². The number of piperidine rings is 1. The normalized spacial score (nSPS) is 27.2. The van der Waals surface area contributed by atoms with E-state index >= 15 is 0 Å². The zero-order chi connectivity index (χ0) is 13.4. The molecule has 0 unspecified atom stereocenters. The van der Waals surface area contributed by atoms with Crippen LogP contribution in [-0.2, 0) is 4.74 Å². The van der Waals surface area contributed by atoms with Crippen LogP contribution in [0.4, 0.5) is 13.2 Å². The molecule has 0 amide bonds. The van der Waals surface area contributed by atoms with Gasteiger partial charge in [0.25, 0.3) is 0 Å². The van der Waals surface area contributed by atoms with Crippen LogP contribution in [0.2, 0.25) is 0 Å². The summed E-state index contributed by atoms with van der Waals surface area (Å²) in [7, 11) is 1.65. The van der Waals surface area contributed by atoms with Crippen LogP contribution in [-0.4, -0.2) is 55.1 Å². The Balaban J connectivity index is 1.84. The molecule has 1 aliphatic heterocycles. The van der Waals surface area contributed by atoms with Crippen molar-refractivity contribution in [1.82, 2.24) is 4.90 Å². The average Bonchev–Trinajstić information content (AvgIpc) is 3.01. The van der Waals surface area contributed by atoms with Crippen molar-refractivity contribution in [2.45, 2.75) is 37.5 Å². The summed E-state index contributed by atoms with van der Waals surface area (Å²) in [5.74, 6) is 0. The molecular weight excluding hydrogens is 247 g/mol. The summed E-state index contributed by atoms with van der Waals surface area (Å²) in [5, 5.41) is 9.57. The predicted octanol–water partition coefficient (Wildman–Crippen LogP) is 1.80. The minimum Gasteiger partial charge on any atom is -0.384 e. The maximum atomic E-state index is 12.6. The topological polar surface area (TPSA) is 32.7 Å². The first-order valence-electron chi connectivity index (χ1n) is 6.31. The van der Waals surface area contributed by atoms with Crippen LogP contribution in [0.5, 0.6) is 0 Å². The van der Waals surface area contributed by atoms with Crippen LogP contribution >= 0.6 is 0 Å². The molecule has 2 fully saturated rings. The number of rotatable bonds is 4. The summed E-state index contributed by atoms with van der Waals surface area (Å²) < 4.78 is 43.1. The van der Waals surface area contributed by atoms with Gasteiger partial charge in [-0.3, -0.25) is 0 Å². The van der Waals surface area contributed by atoms with Gasteiger partial charge in [-0.2, -0.15) is 13.2 Å². The fourth-order valence-corrected chi connectivity index (χ4v) is 2.67. The lowest BCUT2D eigenvalue weighted by molar-refractivity contribution is -0.273. The third-order valence-electron chi connectivity index (χ3n) is 4.18. The average molecular weight is 267 g/mol. The van der Waals surface area contributed by atoms with Gasteiger partial charge in [0.15, 0.2) is 5.60 Å². The van der Waals surface area contributed by atoms with Crippen molar-refractivity contribution >= 4 is 0 Å². The van der Waals surface area contributed by atoms with Crippen LogP contribution in [0.15, 0.2) is 0 Å². The first kappa shape index (κ1) is 14.1. The zero-order valence-corrected chi connectivity index (χ0v) is 10.6. The second kappa shape index (κ2) is 4.65. The number of likely N-dealkylation sites (tertiary alicyclic amines) is 1. The molecular formula is C12H20F3NO2. The van der Waals surface area contributed by atoms with Crippen LogP contribution in [0.3, 0.4) is 0 Å². The summed E-state index contributed by atoms with van der Waals surface area (Å²) in [6, 6.07) is 0. The summed E-state index contributed by atoms with van der Waals surface area (Å²) in [6.07, 6.45) is -2.79. The quantitative estimate of drug-likeness (QED) is 0.843. The van der Waals surface area contributed by atoms with Gasteiger partial charge in [-0.05, 0) is 25.7 Å². The van der Waals surface area contributed by atoms with Crippen LogP contribution in [0, 0.1) is 5.41 Å². The number of hydrogen-bond acceptors (Lipinski definition) is 3. The fourth-order valence-electron chi connectivity index (χ4n) is 2.67. The second-order valence-corrected chi connectivity index (χ2v) is 5.74. The first-order chi connectivity index (χ1) is 8.30. The fraction of sp³-hybridized carbons (Fsp3) is 1.00. The molecule has 0 bridgehead atoms. The van der Waals surface area contributed by atoms with E-state index in [1.807, 2.05) is 4.90 Å². The Bertz CT molecular complexity index is 294. The van der Waals surface area contributed by atoms with E-state index < -0.39 is 11.8 Å². The molecule has 0 atom stereocenters. The molecule has 1 aliphatic carbocycles. The lowest BCUT2D eigenvalue weighted by Gasteiger charge is -2.40. The van der Waals surface area contributed by atoms with Crippen molar-refractivity contribution in [3.63, 3.8) is 0 Å². The van der Waals surface area contributed by atoms with Gasteiger partial charge >= 0.3 is 6.18 Å². The molecule has 2 rings (SSSR count). The highest BCUT2D eigenvalue weighted by Crippen LogP contribution is 2.47. The van der Waals surface area contributed by atoms with Gasteiger partial charge in [0.2, 0.25) is 0 Å². The highest BCUT2D eigenvalue weighted by atomic mass is 19.4. The Labute approximate surface area is 105 Å². The van der Waals surface area contributed by atoms with Crippen LogP contribution in [0.1, 0.15) is 25.7 Å². The van der Waals surface area contributed by atoms with Gasteiger partial charge in [0.1, 0.15) is 0 Å². The highest BCUT2D eigenvalue weighted by Gasteiger charge is 2.55. The Hall–Kier alpha value is -0.330. The molecule has 1 heterocycles. The SMILES string of the molecule is COCC1(CN2CCC(O)(C(F)(F)F)CC2)CC1. The number of hydrogen-bond donors (Lipinski definition) is 1. The van der Waals surface area contributed by atoms with Gasteiger partial charge in [-0.25, -0.2) is 0 Å². The lowest BCUT2D eigenvalue weighted by atomic mass is 9.90. The summed E-state index contributed by atoms with van der Waals surface area (Å²) in [4.78, 5) is 2.02. The molecule has 0 aromatic rings. The summed E-state index contributed by atoms with van der Waals surface area (Å²) >= 11 is 0. The number of nitrogens with zero attached hydrogens (tertiary/aromatic N) is 1. The van der Waals surface area contributed by atoms with E-state index in [1.165, 1.54) is 0 Å². The summed E-state index contributed by atoms with van der Waals surface area (Å²) in [6.45, 7) is 2.07. The Morgan fingerprint density at radius 2 is 1.72 bits per heavy atom. The van der Waals surface area contributed by atoms with Gasteiger partial charge < -0.3 is 14.7 Å². The first-order valence-corrected chi connectivity index (χ1v) is 6.31. The van der Waals surface area contributed by atoms with E-state index in [4.69, 9.17) is 4.74 Å². The second-order valence-electron chi connectivity index (χ2n) is 5.74. The Morgan fingerprint density at radius 1 is 1.17 bits per heavy atom. The Morgan fingerprint density at radius 3 is 2.11 bits per heavy atom. The monoisotopic (exact) mass is 267 g/mol. The molecule has 18 heavy (non-hydrogen) atoms. The molecule has 1 N–H and O–H groups in total. The number of aliphatic hydroxyl groups is 1. The van der Waals surface area contributed by atoms with E-state index in [0.717, 1.165) is 19.4 Å². The molecule has 1 saturated heterocycles. The molecule has 0 aromatic carbocycles. The van der Waals surface area contributed by atoms with Gasteiger partial charge in [-0.15, -0.1) is 0 Å². The third-order valence-corrected chi connectivity index (χ3v) is 4.18. The maximum Gasteiger partial charge on any atom is 0.417 e. The molecule has 0 radical (unpaired) electrons. The smallest absolute Gasteiger partial charge is 0.384 e. The van der Waals surface area contributed by atoms with E-state index in [1.54, 1.807) is 7.11 Å². The standard InChI is InChI=1S/C12H20F3NO2/c1-18-9-10(2-3-10)8-16-6-4-11(17,5-7-16)12(13,14)15/h17H,2-9H2,1H3. The van der Waals surface area contributed by atoms with Crippen molar-refractivity contribution in [3.05, 3.63) is 0 Å². The number of halogens is 3. The molecule has 2 aliphatic rings. The predicted molar refractivity (Wildman–Crippen MR) is 60.2 cm³/mol. The van der Waals surface area contributed by atoms with Crippen molar-refractivity contribution in [1.29, 1.82) is 0 Å². The minimum atomic E-state index is -4.51. The van der Waals surface area contributed by atoms with Crippen molar-refractivity contribution < 1.29 is 23.0 Å². The van der Waals surface area contributed by atoms with E-state index in [2.05, 4.69) is 0 Å². The molecule has 3 nitrogen and oxygen atoms in total. The van der Waals surface area contributed by atoms with Gasteiger partial charge in [0, 0.05) is 32.2 Å². The van der Waals surface area contributed by atoms with Crippen molar-refractivity contribution in [2.75, 3.05) is 33.4 Å². The van der Waals surface area contributed by atoms with E-state index in [0.29, 0.717) is 19.7 Å². The largest absolute Gasteiger partial charge is 0.417 e. The van der Waals surface area contributed by atoms with E-state index in [-0.39, 0.29) is 18.3 Å². The third kappa shape index (κ3) is 2.81. The highest BCUT2D eigenvalue weighted by molar-refractivity contribution is 4.98. The van der Waals surface area contributed by atoms with Gasteiger partial charge in [0.05, 0.1) is 6.61 Å².